The first kappa shape index (κ1) is 17.1. The molecule has 0 radical (unpaired) electrons. The third-order valence-electron chi connectivity index (χ3n) is 5.71. The first-order valence-corrected chi connectivity index (χ1v) is 9.10. The number of carbonyl (C=O) groups excluding carboxylic acids is 2. The van der Waals surface area contributed by atoms with Crippen LogP contribution < -0.4 is 5.32 Å². The van der Waals surface area contributed by atoms with Crippen molar-refractivity contribution in [2.75, 3.05) is 25.1 Å². The normalized spacial score (nSPS) is 27.5. The summed E-state index contributed by atoms with van der Waals surface area (Å²) < 4.78 is 16.6. The summed E-state index contributed by atoms with van der Waals surface area (Å²) in [5.74, 6) is -1.02. The van der Waals surface area contributed by atoms with Crippen LogP contribution in [0.3, 0.4) is 0 Å². The highest BCUT2D eigenvalue weighted by Gasteiger charge is 2.67. The van der Waals surface area contributed by atoms with Gasteiger partial charge in [-0.1, -0.05) is 29.8 Å². The van der Waals surface area contributed by atoms with Gasteiger partial charge in [0.15, 0.2) is 5.41 Å². The Morgan fingerprint density at radius 2 is 1.88 bits per heavy atom. The van der Waals surface area contributed by atoms with Crippen molar-refractivity contribution >= 4 is 17.6 Å². The van der Waals surface area contributed by atoms with E-state index in [-0.39, 0.29) is 25.9 Å². The second-order valence-electron chi connectivity index (χ2n) is 6.98. The minimum absolute atomic E-state index is 0.223. The summed E-state index contributed by atoms with van der Waals surface area (Å²) in [6.07, 6.45) is 2.30. The van der Waals surface area contributed by atoms with Crippen molar-refractivity contribution in [2.45, 2.75) is 38.3 Å². The molecule has 0 bridgehead atoms. The lowest BCUT2D eigenvalue weighted by Gasteiger charge is -2.36. The molecule has 1 fully saturated rings. The molecule has 2 heterocycles. The predicted octanol–water partition coefficient (Wildman–Crippen LogP) is 2.54. The lowest BCUT2D eigenvalue weighted by molar-refractivity contribution is -0.172. The topological polar surface area (TPSA) is 73.9 Å². The summed E-state index contributed by atoms with van der Waals surface area (Å²) in [6.45, 7) is 4.38. The number of fused-ring (bicyclic) bond motifs is 1. The van der Waals surface area contributed by atoms with Gasteiger partial charge in [-0.15, -0.1) is 0 Å². The molecule has 2 aliphatic heterocycles. The van der Waals surface area contributed by atoms with Crippen LogP contribution in [0.4, 0.5) is 5.69 Å². The standard InChI is InChI=1S/C20H23NO5/c1-3-24-17(22)19(18(23)25-4-2)11-13-9-10-26-16-20(13,12-19)14-7-5-6-8-15(14)21-16/h5-9,16,21H,3-4,10-12H2,1-2H3/t16-,20-/m1/s1. The summed E-state index contributed by atoms with van der Waals surface area (Å²) in [5.41, 5.74) is 1.21. The van der Waals surface area contributed by atoms with Crippen molar-refractivity contribution in [3.8, 4) is 0 Å². The van der Waals surface area contributed by atoms with E-state index in [0.29, 0.717) is 13.0 Å². The van der Waals surface area contributed by atoms with E-state index in [9.17, 15) is 9.59 Å². The smallest absolute Gasteiger partial charge is 0.323 e. The molecule has 0 aromatic heterocycles. The van der Waals surface area contributed by atoms with Gasteiger partial charge in [0.1, 0.15) is 6.23 Å². The van der Waals surface area contributed by atoms with E-state index in [2.05, 4.69) is 5.32 Å². The highest BCUT2D eigenvalue weighted by molar-refractivity contribution is 6.02. The number of hydrogen-bond acceptors (Lipinski definition) is 6. The number of benzene rings is 1. The maximum absolute atomic E-state index is 12.9. The average Bonchev–Trinajstić information content (AvgIpc) is 3.16. The molecule has 1 aromatic rings. The molecule has 2 atom stereocenters. The van der Waals surface area contributed by atoms with E-state index in [1.807, 2.05) is 30.3 Å². The Balaban J connectivity index is 1.85. The number of hydrogen-bond donors (Lipinski definition) is 1. The Labute approximate surface area is 152 Å². The third-order valence-corrected chi connectivity index (χ3v) is 5.71. The number of ether oxygens (including phenoxy) is 3. The highest BCUT2D eigenvalue weighted by atomic mass is 16.6. The molecule has 4 rings (SSSR count). The average molecular weight is 357 g/mol. The van der Waals surface area contributed by atoms with Crippen molar-refractivity contribution in [1.29, 1.82) is 0 Å². The van der Waals surface area contributed by atoms with Gasteiger partial charge in [0.05, 0.1) is 25.2 Å². The predicted molar refractivity (Wildman–Crippen MR) is 94.5 cm³/mol. The van der Waals surface area contributed by atoms with Gasteiger partial charge < -0.3 is 19.5 Å². The minimum atomic E-state index is -1.33. The Kier molecular flexibility index (Phi) is 4.03. The fourth-order valence-electron chi connectivity index (χ4n) is 4.66. The third kappa shape index (κ3) is 2.14. The first-order valence-electron chi connectivity index (χ1n) is 9.10. The zero-order valence-corrected chi connectivity index (χ0v) is 15.0. The van der Waals surface area contributed by atoms with Crippen LogP contribution in [-0.2, 0) is 29.2 Å². The minimum Gasteiger partial charge on any atom is -0.465 e. The molecule has 0 amide bonds. The lowest BCUT2D eigenvalue weighted by atomic mass is 9.73. The molecule has 1 aromatic carbocycles. The fraction of sp³-hybridized carbons (Fsp3) is 0.500. The zero-order chi connectivity index (χ0) is 18.4. The van der Waals surface area contributed by atoms with Gasteiger partial charge in [-0.2, -0.15) is 0 Å². The maximum Gasteiger partial charge on any atom is 0.323 e. The van der Waals surface area contributed by atoms with Gasteiger partial charge in [-0.25, -0.2) is 0 Å². The van der Waals surface area contributed by atoms with Crippen LogP contribution in [-0.4, -0.2) is 38.0 Å². The molecule has 1 saturated carbocycles. The zero-order valence-electron chi connectivity index (χ0n) is 15.0. The molecule has 26 heavy (non-hydrogen) atoms. The number of para-hydroxylation sites is 1. The summed E-state index contributed by atoms with van der Waals surface area (Å²) in [4.78, 5) is 25.8. The van der Waals surface area contributed by atoms with Gasteiger partial charge in [0.2, 0.25) is 0 Å². The Bertz CT molecular complexity index is 768. The van der Waals surface area contributed by atoms with E-state index in [1.54, 1.807) is 13.8 Å². The second-order valence-corrected chi connectivity index (χ2v) is 6.98. The SMILES string of the molecule is CCOC(=O)C1(C(=O)OCC)CC2=CCO[C@H]3Nc4ccccc4[C@@]23C1. The number of rotatable bonds is 4. The van der Waals surface area contributed by atoms with Crippen LogP contribution in [0.15, 0.2) is 35.9 Å². The van der Waals surface area contributed by atoms with Gasteiger partial charge in [0, 0.05) is 5.69 Å². The van der Waals surface area contributed by atoms with Crippen molar-refractivity contribution in [1.82, 2.24) is 0 Å². The van der Waals surface area contributed by atoms with Crippen LogP contribution in [0.2, 0.25) is 0 Å². The van der Waals surface area contributed by atoms with Crippen LogP contribution in [0.1, 0.15) is 32.3 Å². The number of anilines is 1. The van der Waals surface area contributed by atoms with Crippen LogP contribution >= 0.6 is 0 Å². The van der Waals surface area contributed by atoms with Crippen LogP contribution in [0.25, 0.3) is 0 Å². The fourth-order valence-corrected chi connectivity index (χ4v) is 4.66. The Hall–Kier alpha value is -2.34. The van der Waals surface area contributed by atoms with Crippen molar-refractivity contribution in [2.24, 2.45) is 5.41 Å². The highest BCUT2D eigenvalue weighted by Crippen LogP contribution is 2.62. The molecule has 138 valence electrons. The molecule has 0 unspecified atom stereocenters. The molecule has 6 heteroatoms. The largest absolute Gasteiger partial charge is 0.465 e. The van der Waals surface area contributed by atoms with E-state index in [1.165, 1.54) is 0 Å². The van der Waals surface area contributed by atoms with E-state index in [4.69, 9.17) is 14.2 Å². The van der Waals surface area contributed by atoms with Gasteiger partial charge >= 0.3 is 11.9 Å². The first-order chi connectivity index (χ1) is 12.6. The van der Waals surface area contributed by atoms with Gasteiger partial charge in [-0.05, 0) is 38.3 Å². The summed E-state index contributed by atoms with van der Waals surface area (Å²) >= 11 is 0. The van der Waals surface area contributed by atoms with Crippen molar-refractivity contribution in [3.63, 3.8) is 0 Å². The van der Waals surface area contributed by atoms with Crippen molar-refractivity contribution in [3.05, 3.63) is 41.5 Å². The maximum atomic E-state index is 12.9. The van der Waals surface area contributed by atoms with E-state index < -0.39 is 22.8 Å². The quantitative estimate of drug-likeness (QED) is 0.507. The summed E-state index contributed by atoms with van der Waals surface area (Å²) in [7, 11) is 0. The molecule has 6 nitrogen and oxygen atoms in total. The van der Waals surface area contributed by atoms with E-state index >= 15 is 0 Å². The molecular weight excluding hydrogens is 334 g/mol. The summed E-state index contributed by atoms with van der Waals surface area (Å²) in [5, 5.41) is 3.41. The Morgan fingerprint density at radius 1 is 1.19 bits per heavy atom. The van der Waals surface area contributed by atoms with Crippen LogP contribution in [0, 0.1) is 5.41 Å². The lowest BCUT2D eigenvalue weighted by Crippen LogP contribution is -2.46. The molecule has 0 saturated heterocycles. The number of carbonyl (C=O) groups is 2. The second kappa shape index (κ2) is 6.13. The Morgan fingerprint density at radius 3 is 2.58 bits per heavy atom. The van der Waals surface area contributed by atoms with Crippen LogP contribution in [0.5, 0.6) is 0 Å². The molecule has 1 N–H and O–H groups in total. The molecular formula is C20H23NO5. The number of esters is 2. The molecule has 1 aliphatic carbocycles. The molecule has 3 aliphatic rings. The van der Waals surface area contributed by atoms with Gasteiger partial charge in [-0.3, -0.25) is 9.59 Å². The molecule has 1 spiro atoms. The van der Waals surface area contributed by atoms with Gasteiger partial charge in [0.25, 0.3) is 0 Å². The van der Waals surface area contributed by atoms with E-state index in [0.717, 1.165) is 16.8 Å². The number of nitrogens with one attached hydrogen (secondary N) is 1. The summed E-state index contributed by atoms with van der Waals surface area (Å²) in [6, 6.07) is 7.97. The van der Waals surface area contributed by atoms with Crippen molar-refractivity contribution < 1.29 is 23.8 Å². The monoisotopic (exact) mass is 357 g/mol.